The summed E-state index contributed by atoms with van der Waals surface area (Å²) in [6, 6.07) is 12.3. The molecule has 0 saturated heterocycles. The molecule has 168 valence electrons. The maximum atomic E-state index is 12.6. The normalized spacial score (nSPS) is 12.6. The number of benzene rings is 2. The second-order valence-corrected chi connectivity index (χ2v) is 8.24. The Morgan fingerprint density at radius 1 is 1.19 bits per heavy atom. The number of hydrogen-bond acceptors (Lipinski definition) is 7. The first kappa shape index (κ1) is 25.3. The van der Waals surface area contributed by atoms with Crippen LogP contribution in [0, 0.1) is 10.5 Å². The average molecular weight is 559 g/mol. The van der Waals surface area contributed by atoms with Crippen molar-refractivity contribution in [2.24, 2.45) is 0 Å². The van der Waals surface area contributed by atoms with Crippen molar-refractivity contribution in [3.63, 3.8) is 0 Å². The van der Waals surface area contributed by atoms with Crippen molar-refractivity contribution in [1.82, 2.24) is 0 Å². The van der Waals surface area contributed by atoms with E-state index in [2.05, 4.69) is 40.5 Å². The molecule has 0 aromatic heterocycles. The van der Waals surface area contributed by atoms with Gasteiger partial charge < -0.3 is 19.3 Å². The van der Waals surface area contributed by atoms with E-state index in [0.717, 1.165) is 9.13 Å². The fraction of sp³-hybridized carbons (Fsp3) is 0.364. The van der Waals surface area contributed by atoms with Gasteiger partial charge in [0.05, 0.1) is 12.4 Å². The number of phenols is 1. The Labute approximate surface area is 201 Å². The summed E-state index contributed by atoms with van der Waals surface area (Å²) in [4.78, 5) is 24.1. The Morgan fingerprint density at radius 2 is 1.90 bits per heavy atom. The molecule has 0 heterocycles. The van der Waals surface area contributed by atoms with E-state index in [1.807, 2.05) is 26.0 Å². The van der Waals surface area contributed by atoms with Crippen molar-refractivity contribution < 1.29 is 28.9 Å². The average Bonchev–Trinajstić information content (AvgIpc) is 2.75. The van der Waals surface area contributed by atoms with Crippen LogP contribution in [0.15, 0.2) is 42.5 Å². The number of thiol groups is 1. The molecule has 1 amide bonds. The molecule has 0 fully saturated rings. The second kappa shape index (κ2) is 12.8. The summed E-state index contributed by atoms with van der Waals surface area (Å²) in [5.41, 5.74) is 2.05. The highest BCUT2D eigenvalue weighted by molar-refractivity contribution is 14.1. The summed E-state index contributed by atoms with van der Waals surface area (Å²) < 4.78 is 17.5. The molecule has 0 bridgehead atoms. The number of phenolic OH excluding ortho intramolecular Hbond substituents is 1. The molecule has 2 rings (SSSR count). The molecule has 7 nitrogen and oxygen atoms in total. The van der Waals surface area contributed by atoms with Gasteiger partial charge in [-0.1, -0.05) is 17.7 Å². The van der Waals surface area contributed by atoms with Gasteiger partial charge in [-0.2, -0.15) is 12.6 Å². The standard InChI is InChI=1S/C22H26INO6S/c1-3-28-19(10-11-29-20(26)13-31)21(17-12-15(23)6-9-18(17)25)30-22(27)24-16-7-4-14(2)5-8-16/h4-9,12,19,21,25,31H,3,10-11,13H2,1-2H3,(H,24,27)/t19-,21-/m1/s1. The van der Waals surface area contributed by atoms with Gasteiger partial charge >= 0.3 is 12.1 Å². The molecule has 0 saturated carbocycles. The van der Waals surface area contributed by atoms with Crippen LogP contribution in [0.25, 0.3) is 0 Å². The molecule has 2 aromatic rings. The van der Waals surface area contributed by atoms with Crippen molar-refractivity contribution in [2.75, 3.05) is 24.3 Å². The van der Waals surface area contributed by atoms with E-state index >= 15 is 0 Å². The Bertz CT molecular complexity index is 877. The SMILES string of the molecule is CCO[C@H](CCOC(=O)CS)[C@H](OC(=O)Nc1ccc(C)cc1)c1cc(I)ccc1O. The van der Waals surface area contributed by atoms with Gasteiger partial charge in [0.25, 0.3) is 0 Å². The summed E-state index contributed by atoms with van der Waals surface area (Å²) in [6.07, 6.45) is -2.00. The number of esters is 1. The van der Waals surface area contributed by atoms with E-state index in [1.54, 1.807) is 24.3 Å². The number of nitrogens with one attached hydrogen (secondary N) is 1. The number of aromatic hydroxyl groups is 1. The quantitative estimate of drug-likeness (QED) is 0.219. The summed E-state index contributed by atoms with van der Waals surface area (Å²) in [5.74, 6) is -0.508. The first-order valence-electron chi connectivity index (χ1n) is 9.74. The second-order valence-electron chi connectivity index (χ2n) is 6.68. The molecule has 0 radical (unpaired) electrons. The van der Waals surface area contributed by atoms with Gasteiger partial charge in [-0.25, -0.2) is 4.79 Å². The number of rotatable bonds is 10. The number of hydrogen-bond donors (Lipinski definition) is 3. The molecule has 2 atom stereocenters. The molecule has 0 aliphatic rings. The van der Waals surface area contributed by atoms with Crippen LogP contribution < -0.4 is 5.32 Å². The van der Waals surface area contributed by atoms with Crippen molar-refractivity contribution in [2.45, 2.75) is 32.5 Å². The number of aryl methyl sites for hydroxylation is 1. The molecule has 2 aromatic carbocycles. The molecule has 9 heteroatoms. The van der Waals surface area contributed by atoms with E-state index in [4.69, 9.17) is 14.2 Å². The van der Waals surface area contributed by atoms with Gasteiger partial charge in [0.2, 0.25) is 0 Å². The molecule has 0 aliphatic carbocycles. The number of ether oxygens (including phenoxy) is 3. The lowest BCUT2D eigenvalue weighted by atomic mass is 10.0. The van der Waals surface area contributed by atoms with Crippen LogP contribution in [0.5, 0.6) is 5.75 Å². The van der Waals surface area contributed by atoms with Gasteiger partial charge in [-0.05, 0) is 66.8 Å². The summed E-state index contributed by atoms with van der Waals surface area (Å²) in [6.45, 7) is 4.17. The van der Waals surface area contributed by atoms with Crippen molar-refractivity contribution in [1.29, 1.82) is 0 Å². The van der Waals surface area contributed by atoms with E-state index in [9.17, 15) is 14.7 Å². The van der Waals surface area contributed by atoms with Crippen molar-refractivity contribution >= 4 is 53.0 Å². The molecular weight excluding hydrogens is 533 g/mol. The van der Waals surface area contributed by atoms with E-state index in [1.165, 1.54) is 6.07 Å². The number of amides is 1. The maximum absolute atomic E-state index is 12.6. The van der Waals surface area contributed by atoms with E-state index < -0.39 is 24.3 Å². The van der Waals surface area contributed by atoms with Crippen molar-refractivity contribution in [3.05, 3.63) is 57.2 Å². The zero-order chi connectivity index (χ0) is 22.8. The Kier molecular flexibility index (Phi) is 10.4. The molecule has 0 aliphatic heterocycles. The largest absolute Gasteiger partial charge is 0.508 e. The lowest BCUT2D eigenvalue weighted by molar-refractivity contribution is -0.142. The number of carbonyl (C=O) groups excluding carboxylic acids is 2. The number of anilines is 1. The predicted molar refractivity (Wildman–Crippen MR) is 130 cm³/mol. The molecule has 31 heavy (non-hydrogen) atoms. The summed E-state index contributed by atoms with van der Waals surface area (Å²) in [5, 5.41) is 13.1. The lowest BCUT2D eigenvalue weighted by Crippen LogP contribution is -2.30. The monoisotopic (exact) mass is 559 g/mol. The van der Waals surface area contributed by atoms with Crippen LogP contribution in [0.2, 0.25) is 0 Å². The first-order valence-corrected chi connectivity index (χ1v) is 11.5. The minimum atomic E-state index is -0.921. The third kappa shape index (κ3) is 8.23. The van der Waals surface area contributed by atoms with Crippen LogP contribution in [0.3, 0.4) is 0 Å². The van der Waals surface area contributed by atoms with Crippen LogP contribution in [-0.4, -0.2) is 42.2 Å². The molecular formula is C22H26INO6S. The molecule has 2 N–H and O–H groups in total. The maximum Gasteiger partial charge on any atom is 0.412 e. The van der Waals surface area contributed by atoms with Crippen molar-refractivity contribution in [3.8, 4) is 5.75 Å². The lowest BCUT2D eigenvalue weighted by Gasteiger charge is -2.28. The Hall–Kier alpha value is -1.98. The highest BCUT2D eigenvalue weighted by atomic mass is 127. The third-order valence-electron chi connectivity index (χ3n) is 4.34. The third-order valence-corrected chi connectivity index (χ3v) is 5.27. The fourth-order valence-electron chi connectivity index (χ4n) is 2.86. The van der Waals surface area contributed by atoms with E-state index in [-0.39, 0.29) is 24.5 Å². The van der Waals surface area contributed by atoms with Gasteiger partial charge in [0, 0.05) is 27.8 Å². The zero-order valence-electron chi connectivity index (χ0n) is 17.3. The number of carbonyl (C=O) groups is 2. The molecule has 0 unspecified atom stereocenters. The van der Waals surface area contributed by atoms with Crippen LogP contribution in [0.4, 0.5) is 10.5 Å². The number of halogens is 1. The minimum Gasteiger partial charge on any atom is -0.508 e. The Balaban J connectivity index is 2.24. The zero-order valence-corrected chi connectivity index (χ0v) is 20.4. The summed E-state index contributed by atoms with van der Waals surface area (Å²) >= 11 is 6.00. The fourth-order valence-corrected chi connectivity index (χ4v) is 3.47. The predicted octanol–water partition coefficient (Wildman–Crippen LogP) is 4.86. The highest BCUT2D eigenvalue weighted by Crippen LogP contribution is 2.34. The Morgan fingerprint density at radius 3 is 2.55 bits per heavy atom. The summed E-state index contributed by atoms with van der Waals surface area (Å²) in [7, 11) is 0. The van der Waals surface area contributed by atoms with Gasteiger partial charge in [-0.3, -0.25) is 10.1 Å². The first-order chi connectivity index (χ1) is 14.8. The molecule has 0 spiro atoms. The minimum absolute atomic E-state index is 0.0226. The highest BCUT2D eigenvalue weighted by Gasteiger charge is 2.30. The van der Waals surface area contributed by atoms with Crippen LogP contribution >= 0.6 is 35.2 Å². The van der Waals surface area contributed by atoms with Gasteiger partial charge in [-0.15, -0.1) is 0 Å². The topological polar surface area (TPSA) is 94.1 Å². The van der Waals surface area contributed by atoms with Gasteiger partial charge in [0.15, 0.2) is 6.10 Å². The van der Waals surface area contributed by atoms with Crippen LogP contribution in [0.1, 0.15) is 30.6 Å². The van der Waals surface area contributed by atoms with Gasteiger partial charge in [0.1, 0.15) is 11.9 Å². The smallest absolute Gasteiger partial charge is 0.412 e. The van der Waals surface area contributed by atoms with Crippen LogP contribution in [-0.2, 0) is 19.0 Å². The van der Waals surface area contributed by atoms with E-state index in [0.29, 0.717) is 17.9 Å².